The number of carbonyl (C=O) groups excluding carboxylic acids is 2. The van der Waals surface area contributed by atoms with Gasteiger partial charge in [-0.15, -0.1) is 0 Å². The van der Waals surface area contributed by atoms with Gasteiger partial charge in [0, 0.05) is 5.92 Å². The van der Waals surface area contributed by atoms with Crippen molar-refractivity contribution in [1.82, 2.24) is 10.6 Å². The molecular weight excluding hydrogens is 420 g/mol. The van der Waals surface area contributed by atoms with Gasteiger partial charge in [0.1, 0.15) is 12.6 Å². The molecule has 0 spiro atoms. The van der Waals surface area contributed by atoms with Gasteiger partial charge >= 0.3 is 12.1 Å². The second-order valence-electron chi connectivity index (χ2n) is 9.49. The van der Waals surface area contributed by atoms with Crippen LogP contribution in [0.3, 0.4) is 0 Å². The maximum absolute atomic E-state index is 12.9. The summed E-state index contributed by atoms with van der Waals surface area (Å²) in [6.07, 6.45) is 0.923. The molecule has 0 aromatic heterocycles. The van der Waals surface area contributed by atoms with E-state index in [1.54, 1.807) is 0 Å². The predicted molar refractivity (Wildman–Crippen MR) is 124 cm³/mol. The van der Waals surface area contributed by atoms with Gasteiger partial charge in [-0.1, -0.05) is 62.4 Å². The first-order chi connectivity index (χ1) is 15.8. The zero-order valence-corrected chi connectivity index (χ0v) is 19.0. The van der Waals surface area contributed by atoms with Crippen LogP contribution in [0.2, 0.25) is 0 Å². The molecule has 0 heterocycles. The number of carboxylic acid groups (broad SMARTS) is 1. The molecule has 2 aliphatic rings. The minimum atomic E-state index is -0.947. The van der Waals surface area contributed by atoms with Crippen molar-refractivity contribution in [3.63, 3.8) is 0 Å². The van der Waals surface area contributed by atoms with Crippen LogP contribution in [0, 0.1) is 5.92 Å². The minimum Gasteiger partial charge on any atom is -0.481 e. The second kappa shape index (κ2) is 9.25. The number of fused-ring (bicyclic) bond motifs is 3. The molecule has 2 aromatic rings. The monoisotopic (exact) mass is 450 g/mol. The zero-order valence-electron chi connectivity index (χ0n) is 19.0. The summed E-state index contributed by atoms with van der Waals surface area (Å²) in [5.74, 6) is -1.22. The number of carboxylic acids is 1. The minimum absolute atomic E-state index is 0.0641. The predicted octanol–water partition coefficient (Wildman–Crippen LogP) is 4.06. The fraction of sp³-hybridized carbons (Fsp3) is 0.423. The highest BCUT2D eigenvalue weighted by molar-refractivity contribution is 5.87. The third-order valence-corrected chi connectivity index (χ3v) is 6.39. The molecule has 7 nitrogen and oxygen atoms in total. The van der Waals surface area contributed by atoms with Crippen LogP contribution in [0.5, 0.6) is 0 Å². The molecule has 1 saturated carbocycles. The number of alkyl carbamates (subject to hydrolysis) is 1. The van der Waals surface area contributed by atoms with Crippen molar-refractivity contribution < 1.29 is 24.2 Å². The highest BCUT2D eigenvalue weighted by Crippen LogP contribution is 2.44. The van der Waals surface area contributed by atoms with Crippen LogP contribution in [-0.2, 0) is 14.3 Å². The lowest BCUT2D eigenvalue weighted by atomic mass is 9.98. The van der Waals surface area contributed by atoms with E-state index in [-0.39, 0.29) is 30.8 Å². The van der Waals surface area contributed by atoms with Crippen molar-refractivity contribution in [3.05, 3.63) is 59.7 Å². The molecule has 7 heteroatoms. The van der Waals surface area contributed by atoms with E-state index in [1.807, 2.05) is 50.2 Å². The third-order valence-electron chi connectivity index (χ3n) is 6.39. The molecule has 1 unspecified atom stereocenters. The third kappa shape index (κ3) is 5.18. The van der Waals surface area contributed by atoms with Crippen LogP contribution in [0.25, 0.3) is 11.1 Å². The smallest absolute Gasteiger partial charge is 0.407 e. The van der Waals surface area contributed by atoms with Gasteiger partial charge in [-0.05, 0) is 47.4 Å². The van der Waals surface area contributed by atoms with E-state index >= 15 is 0 Å². The number of benzene rings is 2. The van der Waals surface area contributed by atoms with Crippen LogP contribution in [0.1, 0.15) is 56.6 Å². The van der Waals surface area contributed by atoms with Crippen molar-refractivity contribution in [2.45, 2.75) is 57.0 Å². The average Bonchev–Trinajstić information content (AvgIpc) is 3.43. The van der Waals surface area contributed by atoms with Crippen LogP contribution < -0.4 is 10.6 Å². The van der Waals surface area contributed by atoms with Crippen LogP contribution in [-0.4, -0.2) is 41.3 Å². The van der Waals surface area contributed by atoms with Gasteiger partial charge in [0.25, 0.3) is 0 Å². The Morgan fingerprint density at radius 3 is 2.12 bits per heavy atom. The van der Waals surface area contributed by atoms with Crippen molar-refractivity contribution in [3.8, 4) is 11.1 Å². The summed E-state index contributed by atoms with van der Waals surface area (Å²) < 4.78 is 5.59. The van der Waals surface area contributed by atoms with E-state index in [1.165, 1.54) is 0 Å². The van der Waals surface area contributed by atoms with Crippen LogP contribution >= 0.6 is 0 Å². The van der Waals surface area contributed by atoms with Crippen molar-refractivity contribution in [2.75, 3.05) is 6.61 Å². The topological polar surface area (TPSA) is 105 Å². The van der Waals surface area contributed by atoms with Gasteiger partial charge in [0.05, 0.1) is 12.0 Å². The van der Waals surface area contributed by atoms with Gasteiger partial charge in [-0.3, -0.25) is 9.59 Å². The second-order valence-corrected chi connectivity index (χ2v) is 9.49. The molecular formula is C26H30N2O5. The number of amides is 2. The molecule has 0 saturated heterocycles. The maximum atomic E-state index is 12.9. The number of nitrogens with one attached hydrogen (secondary N) is 2. The quantitative estimate of drug-likeness (QED) is 0.534. The molecule has 0 aliphatic heterocycles. The first kappa shape index (κ1) is 22.8. The molecule has 33 heavy (non-hydrogen) atoms. The summed E-state index contributed by atoms with van der Waals surface area (Å²) in [7, 11) is 0. The average molecular weight is 451 g/mol. The van der Waals surface area contributed by atoms with Gasteiger partial charge in [-0.2, -0.15) is 0 Å². The molecule has 2 aromatic carbocycles. The number of carbonyl (C=O) groups is 3. The zero-order chi connectivity index (χ0) is 23.6. The number of ether oxygens (including phenoxy) is 1. The Bertz CT molecular complexity index is 1010. The summed E-state index contributed by atoms with van der Waals surface area (Å²) in [4.78, 5) is 36.6. The molecule has 1 atom stereocenters. The van der Waals surface area contributed by atoms with E-state index in [0.29, 0.717) is 19.3 Å². The molecule has 174 valence electrons. The molecule has 1 fully saturated rings. The summed E-state index contributed by atoms with van der Waals surface area (Å²) in [6.45, 7) is 4.09. The fourth-order valence-corrected chi connectivity index (χ4v) is 4.62. The highest BCUT2D eigenvalue weighted by Gasteiger charge is 2.46. The van der Waals surface area contributed by atoms with E-state index < -0.39 is 23.6 Å². The van der Waals surface area contributed by atoms with Gasteiger partial charge < -0.3 is 20.5 Å². The Morgan fingerprint density at radius 1 is 1.03 bits per heavy atom. The van der Waals surface area contributed by atoms with E-state index in [4.69, 9.17) is 9.84 Å². The number of aliphatic carboxylic acids is 1. The number of rotatable bonds is 9. The first-order valence-electron chi connectivity index (χ1n) is 11.4. The Balaban J connectivity index is 1.40. The molecule has 2 aliphatic carbocycles. The van der Waals surface area contributed by atoms with Gasteiger partial charge in [-0.25, -0.2) is 4.79 Å². The number of hydrogen-bond donors (Lipinski definition) is 3. The summed E-state index contributed by atoms with van der Waals surface area (Å²) in [5.41, 5.74) is 3.83. The Hall–Kier alpha value is -3.35. The molecule has 0 bridgehead atoms. The van der Waals surface area contributed by atoms with Crippen molar-refractivity contribution in [1.29, 1.82) is 0 Å². The van der Waals surface area contributed by atoms with Gasteiger partial charge in [0.15, 0.2) is 0 Å². The highest BCUT2D eigenvalue weighted by atomic mass is 16.5. The first-order valence-corrected chi connectivity index (χ1v) is 11.4. The van der Waals surface area contributed by atoms with E-state index in [0.717, 1.165) is 22.3 Å². The van der Waals surface area contributed by atoms with Crippen molar-refractivity contribution >= 4 is 18.0 Å². The lowest BCUT2D eigenvalue weighted by Gasteiger charge is -2.24. The Kier molecular flexibility index (Phi) is 6.40. The normalized spacial score (nSPS) is 16.5. The standard InChI is InChI=1S/C26H30N2O5/c1-16(2)13-22(24(31)28-26(11-12-26)14-23(29)30)27-25(32)33-15-21-19-9-5-3-7-17(19)18-8-4-6-10-20(18)21/h3-10,16,21-22H,11-15H2,1-2H3,(H,27,32)(H,28,31)(H,29,30). The fourth-order valence-electron chi connectivity index (χ4n) is 4.62. The van der Waals surface area contributed by atoms with Crippen LogP contribution in [0.4, 0.5) is 4.79 Å². The SMILES string of the molecule is CC(C)CC(NC(=O)OCC1c2ccccc2-c2ccccc21)C(=O)NC1(CC(=O)O)CC1. The summed E-state index contributed by atoms with van der Waals surface area (Å²) in [6, 6.07) is 15.4. The van der Waals surface area contributed by atoms with Crippen molar-refractivity contribution in [2.24, 2.45) is 5.92 Å². The Morgan fingerprint density at radius 2 is 1.61 bits per heavy atom. The van der Waals surface area contributed by atoms with E-state index in [9.17, 15) is 14.4 Å². The molecule has 3 N–H and O–H groups in total. The molecule has 4 rings (SSSR count). The Labute approximate surface area is 193 Å². The lowest BCUT2D eigenvalue weighted by molar-refractivity contribution is -0.138. The van der Waals surface area contributed by atoms with E-state index in [2.05, 4.69) is 22.8 Å². The largest absolute Gasteiger partial charge is 0.481 e. The molecule has 0 radical (unpaired) electrons. The van der Waals surface area contributed by atoms with Gasteiger partial charge in [0.2, 0.25) is 5.91 Å². The number of hydrogen-bond acceptors (Lipinski definition) is 4. The molecule has 2 amide bonds. The summed E-state index contributed by atoms with van der Waals surface area (Å²) >= 11 is 0. The lowest BCUT2D eigenvalue weighted by Crippen LogP contribution is -2.51. The van der Waals surface area contributed by atoms with Crippen LogP contribution in [0.15, 0.2) is 48.5 Å². The summed E-state index contributed by atoms with van der Waals surface area (Å²) in [5, 5.41) is 14.6. The maximum Gasteiger partial charge on any atom is 0.407 e.